The molecule has 0 aliphatic heterocycles. The Morgan fingerprint density at radius 2 is 2.00 bits per heavy atom. The summed E-state index contributed by atoms with van der Waals surface area (Å²) in [5.74, 6) is -1.45. The highest BCUT2D eigenvalue weighted by Gasteiger charge is 2.11. The molecule has 3 nitrogen and oxygen atoms in total. The number of rotatable bonds is 4. The van der Waals surface area contributed by atoms with Crippen LogP contribution in [0, 0.1) is 12.7 Å². The van der Waals surface area contributed by atoms with Crippen LogP contribution in [0.5, 0.6) is 0 Å². The molecule has 4 heteroatoms. The number of carbonyl (C=O) groups is 1. The van der Waals surface area contributed by atoms with Crippen molar-refractivity contribution in [3.8, 4) is 0 Å². The van der Waals surface area contributed by atoms with Crippen molar-refractivity contribution in [3.63, 3.8) is 0 Å². The van der Waals surface area contributed by atoms with Crippen LogP contribution >= 0.6 is 0 Å². The van der Waals surface area contributed by atoms with Crippen LogP contribution in [0.1, 0.15) is 21.5 Å². The van der Waals surface area contributed by atoms with E-state index in [2.05, 4.69) is 0 Å². The van der Waals surface area contributed by atoms with Crippen molar-refractivity contribution < 1.29 is 14.3 Å². The van der Waals surface area contributed by atoms with E-state index in [0.29, 0.717) is 12.1 Å². The molecule has 0 atom stereocenters. The summed E-state index contributed by atoms with van der Waals surface area (Å²) in [5.41, 5.74) is 2.55. The molecule has 0 unspecified atom stereocenters. The molecule has 104 valence electrons. The van der Waals surface area contributed by atoms with Crippen LogP contribution in [-0.2, 0) is 6.54 Å². The van der Waals surface area contributed by atoms with E-state index < -0.39 is 11.8 Å². The number of carboxylic acid groups (broad SMARTS) is 1. The molecule has 2 aromatic rings. The molecule has 20 heavy (non-hydrogen) atoms. The molecule has 0 saturated heterocycles. The molecular formula is C16H16FNO2. The van der Waals surface area contributed by atoms with Crippen molar-refractivity contribution in [1.82, 2.24) is 0 Å². The molecule has 2 rings (SSSR count). The summed E-state index contributed by atoms with van der Waals surface area (Å²) in [6.07, 6.45) is 0. The van der Waals surface area contributed by atoms with Crippen LogP contribution in [-0.4, -0.2) is 18.1 Å². The molecule has 0 saturated carbocycles. The Labute approximate surface area is 117 Å². The number of benzene rings is 2. The number of hydrogen-bond acceptors (Lipinski definition) is 2. The van der Waals surface area contributed by atoms with Gasteiger partial charge in [0.05, 0.1) is 5.56 Å². The van der Waals surface area contributed by atoms with E-state index in [1.165, 1.54) is 18.2 Å². The van der Waals surface area contributed by atoms with Crippen molar-refractivity contribution in [2.45, 2.75) is 13.5 Å². The average Bonchev–Trinajstić information content (AvgIpc) is 2.41. The summed E-state index contributed by atoms with van der Waals surface area (Å²) in [6, 6.07) is 11.7. The first-order valence-electron chi connectivity index (χ1n) is 6.27. The van der Waals surface area contributed by atoms with E-state index in [9.17, 15) is 9.18 Å². The van der Waals surface area contributed by atoms with E-state index in [-0.39, 0.29) is 5.56 Å². The standard InChI is InChI=1S/C16H16FNO2/c1-11-4-3-5-14(8-11)18(2)10-13-9-12(16(19)20)6-7-15(13)17/h3-9H,10H2,1-2H3,(H,19,20). The van der Waals surface area contributed by atoms with Gasteiger partial charge in [0.25, 0.3) is 0 Å². The smallest absolute Gasteiger partial charge is 0.335 e. The fraction of sp³-hybridized carbons (Fsp3) is 0.188. The maximum Gasteiger partial charge on any atom is 0.335 e. The zero-order chi connectivity index (χ0) is 14.7. The fourth-order valence-electron chi connectivity index (χ4n) is 2.04. The number of aromatic carboxylic acids is 1. The number of hydrogen-bond donors (Lipinski definition) is 1. The van der Waals surface area contributed by atoms with Crippen LogP contribution in [0.4, 0.5) is 10.1 Å². The lowest BCUT2D eigenvalue weighted by molar-refractivity contribution is 0.0696. The van der Waals surface area contributed by atoms with Crippen molar-refractivity contribution in [3.05, 3.63) is 65.0 Å². The minimum atomic E-state index is -1.05. The number of nitrogens with zero attached hydrogens (tertiary/aromatic N) is 1. The van der Waals surface area contributed by atoms with E-state index in [1.807, 2.05) is 43.1 Å². The van der Waals surface area contributed by atoms with Crippen LogP contribution in [0.3, 0.4) is 0 Å². The third-order valence-electron chi connectivity index (χ3n) is 3.14. The first-order chi connectivity index (χ1) is 9.47. The highest BCUT2D eigenvalue weighted by molar-refractivity contribution is 5.87. The molecular weight excluding hydrogens is 257 g/mol. The third-order valence-corrected chi connectivity index (χ3v) is 3.14. The highest BCUT2D eigenvalue weighted by atomic mass is 19.1. The predicted molar refractivity (Wildman–Crippen MR) is 76.6 cm³/mol. The van der Waals surface area contributed by atoms with Gasteiger partial charge in [-0.2, -0.15) is 0 Å². The maximum atomic E-state index is 13.8. The van der Waals surface area contributed by atoms with Crippen LogP contribution in [0.15, 0.2) is 42.5 Å². The highest BCUT2D eigenvalue weighted by Crippen LogP contribution is 2.19. The Kier molecular flexibility index (Phi) is 4.03. The summed E-state index contributed by atoms with van der Waals surface area (Å²) in [7, 11) is 1.85. The number of carboxylic acids is 1. The van der Waals surface area contributed by atoms with Crippen molar-refractivity contribution in [1.29, 1.82) is 0 Å². The van der Waals surface area contributed by atoms with Gasteiger partial charge in [-0.3, -0.25) is 0 Å². The molecule has 0 aromatic heterocycles. The summed E-state index contributed by atoms with van der Waals surface area (Å²) in [5, 5.41) is 8.95. The van der Waals surface area contributed by atoms with Crippen LogP contribution in [0.2, 0.25) is 0 Å². The van der Waals surface area contributed by atoms with Crippen LogP contribution < -0.4 is 4.90 Å². The number of anilines is 1. The molecule has 0 heterocycles. The van der Waals surface area contributed by atoms with E-state index in [4.69, 9.17) is 5.11 Å². The monoisotopic (exact) mass is 273 g/mol. The minimum Gasteiger partial charge on any atom is -0.478 e. The van der Waals surface area contributed by atoms with Gasteiger partial charge in [-0.15, -0.1) is 0 Å². The summed E-state index contributed by atoms with van der Waals surface area (Å²) in [4.78, 5) is 12.8. The number of aryl methyl sites for hydroxylation is 1. The van der Waals surface area contributed by atoms with Crippen LogP contribution in [0.25, 0.3) is 0 Å². The Morgan fingerprint density at radius 3 is 2.65 bits per heavy atom. The predicted octanol–water partition coefficient (Wildman–Crippen LogP) is 3.47. The third kappa shape index (κ3) is 3.15. The molecule has 0 aliphatic carbocycles. The average molecular weight is 273 g/mol. The second-order valence-corrected chi connectivity index (χ2v) is 4.81. The van der Waals surface area contributed by atoms with Crippen molar-refractivity contribution >= 4 is 11.7 Å². The second-order valence-electron chi connectivity index (χ2n) is 4.81. The van der Waals surface area contributed by atoms with Gasteiger partial charge < -0.3 is 10.0 Å². The molecule has 0 radical (unpaired) electrons. The summed E-state index contributed by atoms with van der Waals surface area (Å²) >= 11 is 0. The lowest BCUT2D eigenvalue weighted by Gasteiger charge is -2.20. The largest absolute Gasteiger partial charge is 0.478 e. The van der Waals surface area contributed by atoms with Gasteiger partial charge in [-0.1, -0.05) is 12.1 Å². The molecule has 0 aliphatic rings. The quantitative estimate of drug-likeness (QED) is 0.927. The Hall–Kier alpha value is -2.36. The molecule has 0 spiro atoms. The van der Waals surface area contributed by atoms with E-state index in [0.717, 1.165) is 11.3 Å². The molecule has 0 amide bonds. The van der Waals surface area contributed by atoms with Gasteiger partial charge in [0.2, 0.25) is 0 Å². The van der Waals surface area contributed by atoms with Gasteiger partial charge in [-0.05, 0) is 42.8 Å². The lowest BCUT2D eigenvalue weighted by atomic mass is 10.1. The van der Waals surface area contributed by atoms with Gasteiger partial charge in [0.15, 0.2) is 0 Å². The van der Waals surface area contributed by atoms with Gasteiger partial charge in [0, 0.05) is 24.8 Å². The fourth-order valence-corrected chi connectivity index (χ4v) is 2.04. The van der Waals surface area contributed by atoms with Gasteiger partial charge >= 0.3 is 5.97 Å². The minimum absolute atomic E-state index is 0.0963. The number of halogens is 1. The zero-order valence-corrected chi connectivity index (χ0v) is 11.4. The molecule has 0 fully saturated rings. The zero-order valence-electron chi connectivity index (χ0n) is 11.4. The van der Waals surface area contributed by atoms with Gasteiger partial charge in [0.1, 0.15) is 5.82 Å². The Balaban J connectivity index is 2.25. The Morgan fingerprint density at radius 1 is 1.25 bits per heavy atom. The molecule has 0 bridgehead atoms. The second kappa shape index (κ2) is 5.74. The first kappa shape index (κ1) is 14.1. The van der Waals surface area contributed by atoms with E-state index >= 15 is 0 Å². The van der Waals surface area contributed by atoms with E-state index in [1.54, 1.807) is 0 Å². The lowest BCUT2D eigenvalue weighted by Crippen LogP contribution is -2.17. The Bertz CT molecular complexity index is 640. The molecule has 1 N–H and O–H groups in total. The SMILES string of the molecule is Cc1cccc(N(C)Cc2cc(C(=O)O)ccc2F)c1. The normalized spacial score (nSPS) is 10.3. The molecule has 2 aromatic carbocycles. The van der Waals surface area contributed by atoms with Crippen molar-refractivity contribution in [2.24, 2.45) is 0 Å². The van der Waals surface area contributed by atoms with Crippen molar-refractivity contribution in [2.75, 3.05) is 11.9 Å². The summed E-state index contributed by atoms with van der Waals surface area (Å²) < 4.78 is 13.8. The van der Waals surface area contributed by atoms with Gasteiger partial charge in [-0.25, -0.2) is 9.18 Å². The first-order valence-corrected chi connectivity index (χ1v) is 6.27. The topological polar surface area (TPSA) is 40.5 Å². The summed E-state index contributed by atoms with van der Waals surface area (Å²) in [6.45, 7) is 2.30. The maximum absolute atomic E-state index is 13.8.